The molecule has 1 aromatic carbocycles. The highest BCUT2D eigenvalue weighted by Gasteiger charge is 2.14. The molecule has 0 aliphatic heterocycles. The first kappa shape index (κ1) is 15.6. The summed E-state index contributed by atoms with van der Waals surface area (Å²) in [6, 6.07) is 2.98. The molecule has 3 nitrogen and oxygen atoms in total. The van der Waals surface area contributed by atoms with Gasteiger partial charge in [-0.05, 0) is 32.9 Å². The van der Waals surface area contributed by atoms with Crippen molar-refractivity contribution in [1.82, 2.24) is 0 Å². The molecule has 1 aromatic rings. The number of ether oxygens (including phenoxy) is 1. The van der Waals surface area contributed by atoms with Crippen LogP contribution in [0.4, 0.5) is 5.69 Å². The summed E-state index contributed by atoms with van der Waals surface area (Å²) in [5.41, 5.74) is 0.0345. The second kappa shape index (κ2) is 6.11. The normalized spacial score (nSPS) is 11.4. The van der Waals surface area contributed by atoms with E-state index in [-0.39, 0.29) is 18.1 Å². The topological polar surface area (TPSA) is 38.3 Å². The lowest BCUT2D eigenvalue weighted by molar-refractivity contribution is -0.125. The Labute approximate surface area is 121 Å². The van der Waals surface area contributed by atoms with Crippen molar-refractivity contribution in [2.45, 2.75) is 26.4 Å². The SMILES string of the molecule is CC(C)(C)OCC(=O)Nc1cc(Cl)c(Cl)cc1Cl. The molecular formula is C12H14Cl3NO2. The zero-order valence-corrected chi connectivity index (χ0v) is 12.6. The third-order valence-electron chi connectivity index (χ3n) is 1.92. The maximum absolute atomic E-state index is 11.6. The Morgan fingerprint density at radius 2 is 1.72 bits per heavy atom. The van der Waals surface area contributed by atoms with Crippen molar-refractivity contribution in [3.05, 3.63) is 27.2 Å². The molecule has 0 aromatic heterocycles. The van der Waals surface area contributed by atoms with Gasteiger partial charge in [0.2, 0.25) is 5.91 Å². The zero-order chi connectivity index (χ0) is 13.9. The molecular weight excluding hydrogens is 296 g/mol. The lowest BCUT2D eigenvalue weighted by atomic mass is 10.2. The second-order valence-corrected chi connectivity index (χ2v) is 5.92. The minimum atomic E-state index is -0.376. The average Bonchev–Trinajstić information content (AvgIpc) is 2.22. The zero-order valence-electron chi connectivity index (χ0n) is 10.3. The third kappa shape index (κ3) is 5.02. The summed E-state index contributed by atoms with van der Waals surface area (Å²) >= 11 is 17.6. The number of benzene rings is 1. The molecule has 0 saturated carbocycles. The summed E-state index contributed by atoms with van der Waals surface area (Å²) in [5, 5.41) is 3.60. The van der Waals surface area contributed by atoms with Crippen LogP contribution < -0.4 is 5.32 Å². The molecule has 0 atom stereocenters. The van der Waals surface area contributed by atoms with Gasteiger partial charge in [0, 0.05) is 0 Å². The Morgan fingerprint density at radius 1 is 1.17 bits per heavy atom. The Hall–Kier alpha value is -0.480. The van der Waals surface area contributed by atoms with Crippen molar-refractivity contribution in [2.75, 3.05) is 11.9 Å². The summed E-state index contributed by atoms with van der Waals surface area (Å²) in [5.74, 6) is -0.301. The quantitative estimate of drug-likeness (QED) is 0.840. The number of anilines is 1. The van der Waals surface area contributed by atoms with E-state index in [1.165, 1.54) is 12.1 Å². The molecule has 0 aliphatic carbocycles. The molecule has 0 bridgehead atoms. The largest absolute Gasteiger partial charge is 0.366 e. The number of amides is 1. The molecule has 1 N–H and O–H groups in total. The van der Waals surface area contributed by atoms with Crippen LogP contribution in [-0.2, 0) is 9.53 Å². The Balaban J connectivity index is 2.68. The van der Waals surface area contributed by atoms with Crippen LogP contribution in [0.15, 0.2) is 12.1 Å². The van der Waals surface area contributed by atoms with E-state index in [2.05, 4.69) is 5.32 Å². The standard InChI is InChI=1S/C12H14Cl3NO2/c1-12(2,3)18-6-11(17)16-10-5-8(14)7(13)4-9(10)15/h4-5H,6H2,1-3H3,(H,16,17). The number of rotatable bonds is 3. The van der Waals surface area contributed by atoms with E-state index < -0.39 is 0 Å². The summed E-state index contributed by atoms with van der Waals surface area (Å²) in [4.78, 5) is 11.6. The lowest BCUT2D eigenvalue weighted by Gasteiger charge is -2.19. The fraction of sp³-hybridized carbons (Fsp3) is 0.417. The summed E-state index contributed by atoms with van der Waals surface area (Å²) < 4.78 is 5.34. The number of hydrogen-bond acceptors (Lipinski definition) is 2. The number of halogens is 3. The van der Waals surface area contributed by atoms with Crippen molar-refractivity contribution in [2.24, 2.45) is 0 Å². The van der Waals surface area contributed by atoms with Crippen LogP contribution in [0.2, 0.25) is 15.1 Å². The van der Waals surface area contributed by atoms with E-state index in [4.69, 9.17) is 39.5 Å². The molecule has 0 saturated heterocycles. The second-order valence-electron chi connectivity index (χ2n) is 4.70. The Morgan fingerprint density at radius 3 is 2.28 bits per heavy atom. The van der Waals surface area contributed by atoms with Gasteiger partial charge in [-0.3, -0.25) is 4.79 Å². The van der Waals surface area contributed by atoms with Gasteiger partial charge >= 0.3 is 0 Å². The molecule has 1 rings (SSSR count). The van der Waals surface area contributed by atoms with E-state index in [0.717, 1.165) is 0 Å². The first-order valence-corrected chi connectivity index (χ1v) is 6.41. The van der Waals surface area contributed by atoms with E-state index in [9.17, 15) is 4.79 Å². The fourth-order valence-electron chi connectivity index (χ4n) is 1.09. The molecule has 0 fully saturated rings. The third-order valence-corrected chi connectivity index (χ3v) is 2.96. The van der Waals surface area contributed by atoms with E-state index in [1.54, 1.807) is 0 Å². The molecule has 6 heteroatoms. The maximum atomic E-state index is 11.6. The number of nitrogens with one attached hydrogen (secondary N) is 1. The molecule has 0 aliphatic rings. The minimum absolute atomic E-state index is 0.0555. The Bertz CT molecular complexity index is 455. The predicted molar refractivity (Wildman–Crippen MR) is 75.8 cm³/mol. The number of carbonyl (C=O) groups excluding carboxylic acids is 1. The van der Waals surface area contributed by atoms with E-state index in [0.29, 0.717) is 20.8 Å². The van der Waals surface area contributed by atoms with Crippen molar-refractivity contribution >= 4 is 46.4 Å². The van der Waals surface area contributed by atoms with Crippen molar-refractivity contribution in [3.8, 4) is 0 Å². The predicted octanol–water partition coefficient (Wildman–Crippen LogP) is 4.40. The molecule has 18 heavy (non-hydrogen) atoms. The molecule has 0 radical (unpaired) electrons. The first-order valence-electron chi connectivity index (χ1n) is 5.27. The highest BCUT2D eigenvalue weighted by Crippen LogP contribution is 2.32. The van der Waals surface area contributed by atoms with Crippen LogP contribution in [0.1, 0.15) is 20.8 Å². The van der Waals surface area contributed by atoms with Gasteiger partial charge < -0.3 is 10.1 Å². The average molecular weight is 311 g/mol. The monoisotopic (exact) mass is 309 g/mol. The van der Waals surface area contributed by atoms with Crippen LogP contribution in [-0.4, -0.2) is 18.1 Å². The lowest BCUT2D eigenvalue weighted by Crippen LogP contribution is -2.27. The van der Waals surface area contributed by atoms with Gasteiger partial charge in [0.25, 0.3) is 0 Å². The van der Waals surface area contributed by atoms with Crippen LogP contribution >= 0.6 is 34.8 Å². The molecule has 0 spiro atoms. The van der Waals surface area contributed by atoms with Gasteiger partial charge in [0.1, 0.15) is 6.61 Å². The van der Waals surface area contributed by atoms with Crippen LogP contribution in [0, 0.1) is 0 Å². The molecule has 1 amide bonds. The molecule has 0 unspecified atom stereocenters. The van der Waals surface area contributed by atoms with Crippen molar-refractivity contribution < 1.29 is 9.53 Å². The van der Waals surface area contributed by atoms with Crippen LogP contribution in [0.25, 0.3) is 0 Å². The van der Waals surface area contributed by atoms with Crippen molar-refractivity contribution in [3.63, 3.8) is 0 Å². The van der Waals surface area contributed by atoms with Gasteiger partial charge in [0.05, 0.1) is 26.4 Å². The molecule has 0 heterocycles. The fourth-order valence-corrected chi connectivity index (χ4v) is 1.68. The highest BCUT2D eigenvalue weighted by atomic mass is 35.5. The number of hydrogen-bond donors (Lipinski definition) is 1. The van der Waals surface area contributed by atoms with Gasteiger partial charge in [-0.25, -0.2) is 0 Å². The summed E-state index contributed by atoms with van der Waals surface area (Å²) in [6.45, 7) is 5.55. The van der Waals surface area contributed by atoms with Gasteiger partial charge in [-0.1, -0.05) is 34.8 Å². The maximum Gasteiger partial charge on any atom is 0.250 e. The summed E-state index contributed by atoms with van der Waals surface area (Å²) in [7, 11) is 0. The Kier molecular flexibility index (Phi) is 5.29. The molecule has 100 valence electrons. The van der Waals surface area contributed by atoms with Gasteiger partial charge in [-0.15, -0.1) is 0 Å². The minimum Gasteiger partial charge on any atom is -0.366 e. The van der Waals surface area contributed by atoms with E-state index >= 15 is 0 Å². The number of carbonyl (C=O) groups is 1. The summed E-state index contributed by atoms with van der Waals surface area (Å²) in [6.07, 6.45) is 0. The van der Waals surface area contributed by atoms with Crippen LogP contribution in [0.3, 0.4) is 0 Å². The first-order chi connectivity index (χ1) is 8.19. The highest BCUT2D eigenvalue weighted by molar-refractivity contribution is 6.44. The van der Waals surface area contributed by atoms with Gasteiger partial charge in [0.15, 0.2) is 0 Å². The van der Waals surface area contributed by atoms with Gasteiger partial charge in [-0.2, -0.15) is 0 Å². The van der Waals surface area contributed by atoms with E-state index in [1.807, 2.05) is 20.8 Å². The van der Waals surface area contributed by atoms with Crippen molar-refractivity contribution in [1.29, 1.82) is 0 Å². The van der Waals surface area contributed by atoms with Crippen LogP contribution in [0.5, 0.6) is 0 Å². The smallest absolute Gasteiger partial charge is 0.250 e.